The maximum Gasteiger partial charge on any atom is 0.335 e. The van der Waals surface area contributed by atoms with Crippen molar-refractivity contribution in [2.45, 2.75) is 20.1 Å². The summed E-state index contributed by atoms with van der Waals surface area (Å²) < 4.78 is 6.95. The molecule has 0 saturated heterocycles. The van der Waals surface area contributed by atoms with Crippen LogP contribution in [0.2, 0.25) is 5.02 Å². The second-order valence-electron chi connectivity index (χ2n) is 6.31. The summed E-state index contributed by atoms with van der Waals surface area (Å²) in [6.45, 7) is 2.91. The first-order valence-corrected chi connectivity index (χ1v) is 9.83. The van der Waals surface area contributed by atoms with Crippen LogP contribution >= 0.6 is 27.5 Å². The molecule has 0 bridgehead atoms. The monoisotopic (exact) mass is 459 g/mol. The summed E-state index contributed by atoms with van der Waals surface area (Å²) >= 11 is 9.70. The van der Waals surface area contributed by atoms with E-state index in [1.54, 1.807) is 24.3 Å². The highest BCUT2D eigenvalue weighted by atomic mass is 79.9. The molecule has 0 radical (unpaired) electrons. The van der Waals surface area contributed by atoms with Gasteiger partial charge < -0.3 is 15.2 Å². The van der Waals surface area contributed by atoms with Gasteiger partial charge >= 0.3 is 5.97 Å². The molecule has 0 unspecified atom stereocenters. The molecule has 0 heterocycles. The highest BCUT2D eigenvalue weighted by molar-refractivity contribution is 9.10. The normalized spacial score (nSPS) is 10.5. The van der Waals surface area contributed by atoms with Crippen LogP contribution in [-0.2, 0) is 13.2 Å². The highest BCUT2D eigenvalue weighted by Crippen LogP contribution is 2.27. The minimum Gasteiger partial charge on any atom is -0.489 e. The number of halogens is 2. The molecule has 3 aromatic rings. The largest absolute Gasteiger partial charge is 0.489 e. The lowest BCUT2D eigenvalue weighted by Crippen LogP contribution is -2.05. The molecule has 3 rings (SSSR count). The Bertz CT molecular complexity index is 990. The summed E-state index contributed by atoms with van der Waals surface area (Å²) in [7, 11) is 0. The summed E-state index contributed by atoms with van der Waals surface area (Å²) in [5, 5.41) is 13.1. The molecule has 2 N–H and O–H groups in total. The Morgan fingerprint density at radius 3 is 2.61 bits per heavy atom. The number of carbonyl (C=O) groups is 1. The van der Waals surface area contributed by atoms with Gasteiger partial charge in [-0.15, -0.1) is 0 Å². The second kappa shape index (κ2) is 9.13. The Morgan fingerprint density at radius 2 is 1.89 bits per heavy atom. The van der Waals surface area contributed by atoms with E-state index in [1.807, 2.05) is 43.3 Å². The Labute approximate surface area is 177 Å². The molecule has 6 heteroatoms. The lowest BCUT2D eigenvalue weighted by molar-refractivity contribution is 0.0697. The fourth-order valence-electron chi connectivity index (χ4n) is 2.72. The van der Waals surface area contributed by atoms with Gasteiger partial charge in [0, 0.05) is 27.3 Å². The summed E-state index contributed by atoms with van der Waals surface area (Å²) in [5.74, 6) is -0.178. The first-order chi connectivity index (χ1) is 13.4. The molecule has 0 fully saturated rings. The fourth-order valence-corrected chi connectivity index (χ4v) is 3.30. The van der Waals surface area contributed by atoms with Crippen LogP contribution in [0, 0.1) is 6.92 Å². The topological polar surface area (TPSA) is 58.6 Å². The number of aromatic carboxylic acids is 1. The third kappa shape index (κ3) is 5.06. The number of carboxylic acid groups (broad SMARTS) is 1. The van der Waals surface area contributed by atoms with E-state index < -0.39 is 5.97 Å². The quantitative estimate of drug-likeness (QED) is 0.434. The molecule has 0 aliphatic heterocycles. The van der Waals surface area contributed by atoms with Crippen molar-refractivity contribution in [2.75, 3.05) is 5.32 Å². The molecule has 28 heavy (non-hydrogen) atoms. The lowest BCUT2D eigenvalue weighted by Gasteiger charge is -2.15. The van der Waals surface area contributed by atoms with Crippen molar-refractivity contribution in [1.29, 1.82) is 0 Å². The van der Waals surface area contributed by atoms with Gasteiger partial charge in [0.05, 0.1) is 5.56 Å². The molecule has 0 aliphatic rings. The van der Waals surface area contributed by atoms with Crippen molar-refractivity contribution < 1.29 is 14.6 Å². The Morgan fingerprint density at radius 1 is 1.14 bits per heavy atom. The molecular formula is C22H19BrClNO3. The number of anilines is 1. The Balaban J connectivity index is 1.71. The summed E-state index contributed by atoms with van der Waals surface area (Å²) in [5.41, 5.74) is 4.13. The Kier molecular flexibility index (Phi) is 6.60. The zero-order valence-corrected chi connectivity index (χ0v) is 17.5. The van der Waals surface area contributed by atoms with Crippen LogP contribution in [0.1, 0.15) is 27.0 Å². The summed E-state index contributed by atoms with van der Waals surface area (Å²) in [6, 6.07) is 18.3. The molecule has 0 atom stereocenters. The summed E-state index contributed by atoms with van der Waals surface area (Å²) in [6.07, 6.45) is 0. The van der Waals surface area contributed by atoms with Gasteiger partial charge in [0.1, 0.15) is 12.4 Å². The van der Waals surface area contributed by atoms with E-state index in [4.69, 9.17) is 21.4 Å². The predicted molar refractivity (Wildman–Crippen MR) is 115 cm³/mol. The molecular weight excluding hydrogens is 442 g/mol. The van der Waals surface area contributed by atoms with Gasteiger partial charge in [-0.3, -0.25) is 0 Å². The van der Waals surface area contributed by atoms with E-state index in [9.17, 15) is 4.79 Å². The van der Waals surface area contributed by atoms with Crippen LogP contribution < -0.4 is 10.1 Å². The van der Waals surface area contributed by atoms with Gasteiger partial charge in [-0.2, -0.15) is 0 Å². The van der Waals surface area contributed by atoms with Crippen molar-refractivity contribution in [3.8, 4) is 5.75 Å². The minimum absolute atomic E-state index is 0.258. The maximum absolute atomic E-state index is 11.0. The van der Waals surface area contributed by atoms with Crippen LogP contribution in [0.5, 0.6) is 5.75 Å². The highest BCUT2D eigenvalue weighted by Gasteiger charge is 2.08. The number of carboxylic acids is 1. The van der Waals surface area contributed by atoms with Crippen molar-refractivity contribution in [3.05, 3.63) is 92.4 Å². The van der Waals surface area contributed by atoms with Gasteiger partial charge in [0.25, 0.3) is 0 Å². The second-order valence-corrected chi connectivity index (χ2v) is 7.63. The zero-order chi connectivity index (χ0) is 20.1. The van der Waals surface area contributed by atoms with Gasteiger partial charge in [0.2, 0.25) is 0 Å². The Hall–Kier alpha value is -2.50. The van der Waals surface area contributed by atoms with Gasteiger partial charge in [-0.05, 0) is 60.5 Å². The van der Waals surface area contributed by atoms with Gasteiger partial charge in [-0.25, -0.2) is 4.79 Å². The van der Waals surface area contributed by atoms with E-state index in [0.29, 0.717) is 13.2 Å². The van der Waals surface area contributed by atoms with E-state index in [-0.39, 0.29) is 5.56 Å². The average molecular weight is 461 g/mol. The van der Waals surface area contributed by atoms with Crippen LogP contribution in [0.3, 0.4) is 0 Å². The summed E-state index contributed by atoms with van der Waals surface area (Å²) in [4.78, 5) is 11.0. The molecule has 4 nitrogen and oxygen atoms in total. The maximum atomic E-state index is 11.0. The number of benzene rings is 3. The van der Waals surface area contributed by atoms with Crippen molar-refractivity contribution in [1.82, 2.24) is 0 Å². The first-order valence-electron chi connectivity index (χ1n) is 8.66. The van der Waals surface area contributed by atoms with Gasteiger partial charge in [0.15, 0.2) is 0 Å². The van der Waals surface area contributed by atoms with E-state index in [1.165, 1.54) is 0 Å². The predicted octanol–water partition coefficient (Wildman–Crippen LogP) is 6.30. The van der Waals surface area contributed by atoms with E-state index >= 15 is 0 Å². The molecule has 0 spiro atoms. The van der Waals surface area contributed by atoms with Crippen LogP contribution in [0.25, 0.3) is 0 Å². The van der Waals surface area contributed by atoms with Crippen LogP contribution in [-0.4, -0.2) is 11.1 Å². The van der Waals surface area contributed by atoms with Crippen LogP contribution in [0.4, 0.5) is 5.69 Å². The fraction of sp³-hybridized carbons (Fsp3) is 0.136. The van der Waals surface area contributed by atoms with Crippen molar-refractivity contribution in [3.63, 3.8) is 0 Å². The molecule has 0 aromatic heterocycles. The molecule has 0 aliphatic carbocycles. The lowest BCUT2D eigenvalue weighted by atomic mass is 10.1. The molecule has 0 amide bonds. The number of ether oxygens (including phenoxy) is 1. The smallest absolute Gasteiger partial charge is 0.335 e. The minimum atomic E-state index is -0.940. The molecule has 0 saturated carbocycles. The standard InChI is InChI=1S/C22H19BrClNO3/c1-14-19(24)3-2-4-20(14)25-12-17-11-18(23)9-10-21(17)28-13-15-5-7-16(8-6-15)22(26)27/h2-11,25H,12-13H2,1H3,(H,26,27). The zero-order valence-electron chi connectivity index (χ0n) is 15.2. The third-order valence-corrected chi connectivity index (χ3v) is 5.26. The van der Waals surface area contributed by atoms with Crippen molar-refractivity contribution >= 4 is 39.2 Å². The average Bonchev–Trinajstić information content (AvgIpc) is 2.68. The number of nitrogens with one attached hydrogen (secondary N) is 1. The molecule has 144 valence electrons. The van der Waals surface area contributed by atoms with Gasteiger partial charge in [-0.1, -0.05) is 45.7 Å². The van der Waals surface area contributed by atoms with E-state index in [0.717, 1.165) is 37.6 Å². The molecule has 3 aromatic carbocycles. The third-order valence-electron chi connectivity index (χ3n) is 4.35. The number of hydrogen-bond donors (Lipinski definition) is 2. The van der Waals surface area contributed by atoms with E-state index in [2.05, 4.69) is 21.2 Å². The SMILES string of the molecule is Cc1c(Cl)cccc1NCc1cc(Br)ccc1OCc1ccc(C(=O)O)cc1. The van der Waals surface area contributed by atoms with Crippen LogP contribution in [0.15, 0.2) is 65.1 Å². The first kappa shape index (κ1) is 20.2. The van der Waals surface area contributed by atoms with Crippen molar-refractivity contribution in [2.24, 2.45) is 0 Å². The number of hydrogen-bond acceptors (Lipinski definition) is 3. The number of rotatable bonds is 7.